The Morgan fingerprint density at radius 3 is 2.62 bits per heavy atom. The summed E-state index contributed by atoms with van der Waals surface area (Å²) >= 11 is 0. The van der Waals surface area contributed by atoms with Gasteiger partial charge in [-0.25, -0.2) is 0 Å². The predicted octanol–water partition coefficient (Wildman–Crippen LogP) is 0.740. The molecule has 3 heteroatoms. The SMILES string of the molecule is [B]C1(C)CON=C1C. The lowest BCUT2D eigenvalue weighted by Gasteiger charge is -2.12. The highest BCUT2D eigenvalue weighted by Crippen LogP contribution is 2.27. The fourth-order valence-corrected chi connectivity index (χ4v) is 0.472. The van der Waals surface area contributed by atoms with Gasteiger partial charge in [-0.05, 0) is 6.92 Å². The van der Waals surface area contributed by atoms with Crippen molar-refractivity contribution < 1.29 is 4.84 Å². The quantitative estimate of drug-likeness (QED) is 0.420. The van der Waals surface area contributed by atoms with Gasteiger partial charge in [0.25, 0.3) is 0 Å². The van der Waals surface area contributed by atoms with Crippen molar-refractivity contribution in [1.82, 2.24) is 0 Å². The Hall–Kier alpha value is -0.465. The molecule has 0 saturated heterocycles. The highest BCUT2D eigenvalue weighted by atomic mass is 16.6. The Morgan fingerprint density at radius 2 is 2.50 bits per heavy atom. The van der Waals surface area contributed by atoms with Gasteiger partial charge in [0.15, 0.2) is 0 Å². The van der Waals surface area contributed by atoms with E-state index in [4.69, 9.17) is 12.7 Å². The van der Waals surface area contributed by atoms with Gasteiger partial charge < -0.3 is 4.84 Å². The van der Waals surface area contributed by atoms with Gasteiger partial charge in [-0.15, -0.1) is 0 Å². The summed E-state index contributed by atoms with van der Waals surface area (Å²) in [6.07, 6.45) is 0. The molecule has 0 N–H and O–H groups in total. The third-order valence-electron chi connectivity index (χ3n) is 1.39. The molecule has 0 saturated carbocycles. The highest BCUT2D eigenvalue weighted by molar-refractivity contribution is 6.29. The molecule has 0 aliphatic carbocycles. The van der Waals surface area contributed by atoms with Crippen LogP contribution in [0.1, 0.15) is 13.8 Å². The third kappa shape index (κ3) is 0.724. The number of oxime groups is 1. The molecule has 0 aromatic carbocycles. The van der Waals surface area contributed by atoms with Crippen LogP contribution in [-0.4, -0.2) is 20.2 Å². The van der Waals surface area contributed by atoms with Crippen LogP contribution in [0.3, 0.4) is 0 Å². The normalized spacial score (nSPS) is 36.5. The molecule has 0 spiro atoms. The van der Waals surface area contributed by atoms with E-state index in [0.29, 0.717) is 6.61 Å². The summed E-state index contributed by atoms with van der Waals surface area (Å²) in [4.78, 5) is 4.73. The standard InChI is InChI=1S/C5H8BNO/c1-4-5(2,6)3-8-7-4/h3H2,1-2H3. The van der Waals surface area contributed by atoms with Gasteiger partial charge in [0.2, 0.25) is 0 Å². The van der Waals surface area contributed by atoms with E-state index in [1.165, 1.54) is 0 Å². The molecule has 1 heterocycles. The van der Waals surface area contributed by atoms with Crippen molar-refractivity contribution in [2.75, 3.05) is 6.61 Å². The fraction of sp³-hybridized carbons (Fsp3) is 0.800. The summed E-state index contributed by atoms with van der Waals surface area (Å²) in [6, 6.07) is 0. The third-order valence-corrected chi connectivity index (χ3v) is 1.39. The van der Waals surface area contributed by atoms with Crippen molar-refractivity contribution in [3.8, 4) is 0 Å². The molecule has 2 radical (unpaired) electrons. The smallest absolute Gasteiger partial charge is 0.119 e. The number of hydrogen-bond donors (Lipinski definition) is 0. The molecule has 1 aliphatic rings. The maximum Gasteiger partial charge on any atom is 0.119 e. The number of hydrogen-bond acceptors (Lipinski definition) is 2. The van der Waals surface area contributed by atoms with E-state index in [-0.39, 0.29) is 5.31 Å². The van der Waals surface area contributed by atoms with E-state index in [1.807, 2.05) is 13.8 Å². The predicted molar refractivity (Wildman–Crippen MR) is 33.2 cm³/mol. The van der Waals surface area contributed by atoms with Crippen LogP contribution >= 0.6 is 0 Å². The minimum Gasteiger partial charge on any atom is -0.396 e. The Morgan fingerprint density at radius 1 is 1.88 bits per heavy atom. The topological polar surface area (TPSA) is 21.6 Å². The molecule has 42 valence electrons. The molecule has 0 aromatic rings. The second-order valence-corrected chi connectivity index (χ2v) is 2.37. The first kappa shape index (κ1) is 5.67. The Kier molecular flexibility index (Phi) is 1.07. The average molecular weight is 109 g/mol. The first-order valence-corrected chi connectivity index (χ1v) is 2.59. The number of rotatable bonds is 0. The largest absolute Gasteiger partial charge is 0.396 e. The van der Waals surface area contributed by atoms with Crippen LogP contribution in [0.15, 0.2) is 5.16 Å². The minimum atomic E-state index is -0.319. The molecule has 0 aromatic heterocycles. The van der Waals surface area contributed by atoms with Crippen molar-refractivity contribution in [1.29, 1.82) is 0 Å². The molecule has 1 atom stereocenters. The van der Waals surface area contributed by atoms with Crippen LogP contribution in [0, 0.1) is 0 Å². The molecule has 1 unspecified atom stereocenters. The molecule has 0 amide bonds. The van der Waals surface area contributed by atoms with Gasteiger partial charge in [-0.1, -0.05) is 12.1 Å². The monoisotopic (exact) mass is 109 g/mol. The van der Waals surface area contributed by atoms with Gasteiger partial charge in [-0.2, -0.15) is 0 Å². The van der Waals surface area contributed by atoms with E-state index in [0.717, 1.165) is 5.71 Å². The minimum absolute atomic E-state index is 0.319. The Labute approximate surface area is 50.3 Å². The average Bonchev–Trinajstić information content (AvgIpc) is 1.86. The summed E-state index contributed by atoms with van der Waals surface area (Å²) in [7, 11) is 5.67. The summed E-state index contributed by atoms with van der Waals surface area (Å²) in [5.74, 6) is 0. The molecular formula is C5H8BNO. The van der Waals surface area contributed by atoms with Crippen LogP contribution in [0.4, 0.5) is 0 Å². The lowest BCUT2D eigenvalue weighted by Crippen LogP contribution is -2.16. The van der Waals surface area contributed by atoms with Crippen LogP contribution < -0.4 is 0 Å². The lowest BCUT2D eigenvalue weighted by atomic mass is 9.69. The van der Waals surface area contributed by atoms with Crippen LogP contribution in [0.25, 0.3) is 0 Å². The summed E-state index contributed by atoms with van der Waals surface area (Å²) in [5, 5.41) is 3.36. The van der Waals surface area contributed by atoms with E-state index in [1.54, 1.807) is 0 Å². The highest BCUT2D eigenvalue weighted by Gasteiger charge is 2.27. The van der Waals surface area contributed by atoms with E-state index in [2.05, 4.69) is 5.16 Å². The van der Waals surface area contributed by atoms with Crippen molar-refractivity contribution in [2.45, 2.75) is 19.2 Å². The van der Waals surface area contributed by atoms with Gasteiger partial charge in [0.1, 0.15) is 6.61 Å². The van der Waals surface area contributed by atoms with Crippen molar-refractivity contribution in [2.24, 2.45) is 5.16 Å². The number of nitrogens with zero attached hydrogens (tertiary/aromatic N) is 1. The van der Waals surface area contributed by atoms with Crippen LogP contribution in [0.5, 0.6) is 0 Å². The maximum absolute atomic E-state index is 5.67. The summed E-state index contributed by atoms with van der Waals surface area (Å²) in [6.45, 7) is 4.28. The Bertz CT molecular complexity index is 130. The summed E-state index contributed by atoms with van der Waals surface area (Å²) < 4.78 is 0. The Balaban J connectivity index is 2.73. The van der Waals surface area contributed by atoms with Gasteiger partial charge in [-0.3, -0.25) is 0 Å². The molecule has 0 fully saturated rings. The molecule has 1 aliphatic heterocycles. The van der Waals surface area contributed by atoms with E-state index in [9.17, 15) is 0 Å². The zero-order valence-electron chi connectivity index (χ0n) is 5.14. The van der Waals surface area contributed by atoms with Crippen LogP contribution in [0.2, 0.25) is 5.31 Å². The molecular weight excluding hydrogens is 101 g/mol. The van der Waals surface area contributed by atoms with Gasteiger partial charge in [0.05, 0.1) is 13.6 Å². The zero-order valence-corrected chi connectivity index (χ0v) is 5.14. The molecule has 2 nitrogen and oxygen atoms in total. The van der Waals surface area contributed by atoms with Crippen molar-refractivity contribution in [3.05, 3.63) is 0 Å². The van der Waals surface area contributed by atoms with E-state index < -0.39 is 0 Å². The van der Waals surface area contributed by atoms with E-state index >= 15 is 0 Å². The van der Waals surface area contributed by atoms with Crippen molar-refractivity contribution in [3.63, 3.8) is 0 Å². The molecule has 1 rings (SSSR count). The first-order valence-electron chi connectivity index (χ1n) is 2.59. The fourth-order valence-electron chi connectivity index (χ4n) is 0.472. The lowest BCUT2D eigenvalue weighted by molar-refractivity contribution is 0.161. The molecule has 0 bridgehead atoms. The first-order chi connectivity index (χ1) is 3.63. The van der Waals surface area contributed by atoms with Gasteiger partial charge in [0, 0.05) is 5.31 Å². The summed E-state index contributed by atoms with van der Waals surface area (Å²) in [5.41, 5.74) is 0.873. The second-order valence-electron chi connectivity index (χ2n) is 2.37. The molecule has 8 heavy (non-hydrogen) atoms. The van der Waals surface area contributed by atoms with Gasteiger partial charge >= 0.3 is 0 Å². The second kappa shape index (κ2) is 1.50. The van der Waals surface area contributed by atoms with Crippen LogP contribution in [-0.2, 0) is 4.84 Å². The zero-order chi connectivity index (χ0) is 6.20. The maximum atomic E-state index is 5.67. The van der Waals surface area contributed by atoms with Crippen molar-refractivity contribution >= 4 is 13.6 Å².